The second-order valence-corrected chi connectivity index (χ2v) is 5.08. The smallest absolute Gasteiger partial charge is 0.0907 e. The van der Waals surface area contributed by atoms with Crippen LogP contribution >= 0.6 is 0 Å². The quantitative estimate of drug-likeness (QED) is 0.760. The van der Waals surface area contributed by atoms with Crippen molar-refractivity contribution in [3.8, 4) is 11.4 Å². The SMILES string of the molecule is CC(C)(C)N([O])c1ccnc(-c2ccccn2)c1. The van der Waals surface area contributed by atoms with Gasteiger partial charge < -0.3 is 0 Å². The summed E-state index contributed by atoms with van der Waals surface area (Å²) in [5.74, 6) is 0. The van der Waals surface area contributed by atoms with E-state index in [0.717, 1.165) is 10.8 Å². The fourth-order valence-electron chi connectivity index (χ4n) is 1.59. The number of hydrogen-bond acceptors (Lipinski definition) is 3. The first-order valence-corrected chi connectivity index (χ1v) is 5.83. The normalized spacial score (nSPS) is 11.3. The third-order valence-corrected chi connectivity index (χ3v) is 2.51. The van der Waals surface area contributed by atoms with Crippen molar-refractivity contribution in [3.63, 3.8) is 0 Å². The summed E-state index contributed by atoms with van der Waals surface area (Å²) in [5.41, 5.74) is 1.60. The van der Waals surface area contributed by atoms with Gasteiger partial charge in [-0.05, 0) is 45.0 Å². The standard InChI is InChI=1S/C14H16N3O/c1-14(2,3)17(18)11-7-9-16-13(10-11)12-6-4-5-8-15-12/h4-10H,1-3H3. The Kier molecular flexibility index (Phi) is 3.30. The minimum absolute atomic E-state index is 0.470. The van der Waals surface area contributed by atoms with Gasteiger partial charge in [0.1, 0.15) is 0 Å². The average Bonchev–Trinajstić information content (AvgIpc) is 2.38. The van der Waals surface area contributed by atoms with Crippen molar-refractivity contribution in [2.75, 3.05) is 5.06 Å². The predicted octanol–water partition coefficient (Wildman–Crippen LogP) is 3.09. The highest BCUT2D eigenvalue weighted by atomic mass is 16.5. The molecule has 0 fully saturated rings. The molecule has 0 aromatic carbocycles. The second-order valence-electron chi connectivity index (χ2n) is 5.08. The molecule has 93 valence electrons. The first-order chi connectivity index (χ1) is 8.48. The molecule has 4 nitrogen and oxygen atoms in total. The van der Waals surface area contributed by atoms with Gasteiger partial charge in [-0.15, -0.1) is 0 Å². The zero-order valence-corrected chi connectivity index (χ0v) is 10.8. The Morgan fingerprint density at radius 1 is 1.00 bits per heavy atom. The van der Waals surface area contributed by atoms with E-state index in [-0.39, 0.29) is 0 Å². The zero-order chi connectivity index (χ0) is 13.2. The van der Waals surface area contributed by atoms with E-state index in [2.05, 4.69) is 9.97 Å². The lowest BCUT2D eigenvalue weighted by atomic mass is 10.1. The Labute approximate surface area is 107 Å². The maximum Gasteiger partial charge on any atom is 0.0907 e. The van der Waals surface area contributed by atoms with Crippen LogP contribution in [0.5, 0.6) is 0 Å². The molecule has 2 aromatic rings. The number of nitrogens with zero attached hydrogens (tertiary/aromatic N) is 3. The maximum atomic E-state index is 12.1. The van der Waals surface area contributed by atoms with E-state index < -0.39 is 5.54 Å². The van der Waals surface area contributed by atoms with E-state index in [1.54, 1.807) is 24.5 Å². The van der Waals surface area contributed by atoms with Crippen molar-refractivity contribution >= 4 is 5.69 Å². The van der Waals surface area contributed by atoms with Gasteiger partial charge in [0.2, 0.25) is 0 Å². The van der Waals surface area contributed by atoms with Crippen molar-refractivity contribution in [3.05, 3.63) is 42.7 Å². The van der Waals surface area contributed by atoms with E-state index in [1.165, 1.54) is 0 Å². The highest BCUT2D eigenvalue weighted by molar-refractivity contribution is 5.60. The summed E-state index contributed by atoms with van der Waals surface area (Å²) in [5, 5.41) is 13.1. The van der Waals surface area contributed by atoms with Crippen molar-refractivity contribution in [1.29, 1.82) is 0 Å². The molecule has 0 aliphatic heterocycles. The molecule has 4 heteroatoms. The van der Waals surface area contributed by atoms with Crippen molar-refractivity contribution in [2.24, 2.45) is 0 Å². The zero-order valence-electron chi connectivity index (χ0n) is 10.8. The summed E-state index contributed by atoms with van der Waals surface area (Å²) >= 11 is 0. The van der Waals surface area contributed by atoms with Crippen LogP contribution in [0, 0.1) is 0 Å². The molecule has 0 saturated heterocycles. The summed E-state index contributed by atoms with van der Waals surface area (Å²) in [4.78, 5) is 8.47. The van der Waals surface area contributed by atoms with Crippen molar-refractivity contribution in [1.82, 2.24) is 9.97 Å². The molecule has 0 unspecified atom stereocenters. The van der Waals surface area contributed by atoms with E-state index in [9.17, 15) is 5.21 Å². The van der Waals surface area contributed by atoms with E-state index in [4.69, 9.17) is 0 Å². The van der Waals surface area contributed by atoms with Crippen molar-refractivity contribution in [2.45, 2.75) is 26.3 Å². The molecule has 0 spiro atoms. The molecule has 0 N–H and O–H groups in total. The predicted molar refractivity (Wildman–Crippen MR) is 70.4 cm³/mol. The molecule has 2 aromatic heterocycles. The Balaban J connectivity index is 2.37. The number of pyridine rings is 2. The third kappa shape index (κ3) is 2.65. The van der Waals surface area contributed by atoms with Gasteiger partial charge in [0.05, 0.1) is 22.6 Å². The highest BCUT2D eigenvalue weighted by Crippen LogP contribution is 2.25. The lowest BCUT2D eigenvalue weighted by Crippen LogP contribution is -2.37. The van der Waals surface area contributed by atoms with Gasteiger partial charge in [0.25, 0.3) is 0 Å². The van der Waals surface area contributed by atoms with E-state index in [0.29, 0.717) is 11.4 Å². The van der Waals surface area contributed by atoms with Crippen LogP contribution in [-0.2, 0) is 5.21 Å². The average molecular weight is 242 g/mol. The minimum Gasteiger partial charge on any atom is -0.255 e. The van der Waals surface area contributed by atoms with Gasteiger partial charge in [-0.3, -0.25) is 9.97 Å². The molecule has 0 amide bonds. The number of aromatic nitrogens is 2. The Bertz CT molecular complexity index is 520. The minimum atomic E-state index is -0.470. The van der Waals surface area contributed by atoms with Crippen LogP contribution in [0.15, 0.2) is 42.7 Å². The fraction of sp³-hybridized carbons (Fsp3) is 0.286. The van der Waals surface area contributed by atoms with Crippen LogP contribution in [0.25, 0.3) is 11.4 Å². The van der Waals surface area contributed by atoms with Gasteiger partial charge in [-0.1, -0.05) is 11.3 Å². The largest absolute Gasteiger partial charge is 0.255 e. The molecule has 2 heterocycles. The Morgan fingerprint density at radius 2 is 1.72 bits per heavy atom. The summed E-state index contributed by atoms with van der Waals surface area (Å²) in [6, 6.07) is 9.10. The lowest BCUT2D eigenvalue weighted by molar-refractivity contribution is 0.102. The monoisotopic (exact) mass is 242 g/mol. The van der Waals surface area contributed by atoms with Crippen molar-refractivity contribution < 1.29 is 5.21 Å². The topological polar surface area (TPSA) is 48.9 Å². The molecule has 1 radical (unpaired) electrons. The van der Waals surface area contributed by atoms with Gasteiger partial charge >= 0.3 is 0 Å². The Morgan fingerprint density at radius 3 is 2.33 bits per heavy atom. The van der Waals surface area contributed by atoms with Crippen LogP contribution in [0.3, 0.4) is 0 Å². The molecule has 0 aliphatic carbocycles. The number of hydrogen-bond donors (Lipinski definition) is 0. The molecule has 0 atom stereocenters. The maximum absolute atomic E-state index is 12.1. The second kappa shape index (κ2) is 4.74. The molecule has 2 rings (SSSR count). The van der Waals surface area contributed by atoms with Gasteiger partial charge in [0.15, 0.2) is 0 Å². The van der Waals surface area contributed by atoms with Crippen LogP contribution in [-0.4, -0.2) is 15.5 Å². The lowest BCUT2D eigenvalue weighted by Gasteiger charge is -2.28. The molecule has 0 saturated carbocycles. The number of hydroxylamine groups is 1. The summed E-state index contributed by atoms with van der Waals surface area (Å²) in [6.45, 7) is 5.63. The molecule has 0 aliphatic rings. The fourth-order valence-corrected chi connectivity index (χ4v) is 1.59. The molecular weight excluding hydrogens is 226 g/mol. The van der Waals surface area contributed by atoms with E-state index >= 15 is 0 Å². The highest BCUT2D eigenvalue weighted by Gasteiger charge is 2.22. The number of rotatable bonds is 2. The van der Waals surface area contributed by atoms with Gasteiger partial charge in [0, 0.05) is 12.4 Å². The van der Waals surface area contributed by atoms with Crippen LogP contribution in [0.4, 0.5) is 5.69 Å². The Hall–Kier alpha value is -1.94. The van der Waals surface area contributed by atoms with Gasteiger partial charge in [-0.2, -0.15) is 0 Å². The summed E-state index contributed by atoms with van der Waals surface area (Å²) in [6.07, 6.45) is 3.35. The first kappa shape index (κ1) is 12.5. The summed E-state index contributed by atoms with van der Waals surface area (Å²) < 4.78 is 0. The third-order valence-electron chi connectivity index (χ3n) is 2.51. The van der Waals surface area contributed by atoms with Crippen LogP contribution in [0.1, 0.15) is 20.8 Å². The first-order valence-electron chi connectivity index (χ1n) is 5.83. The molecular formula is C14H16N3O. The molecule has 18 heavy (non-hydrogen) atoms. The van der Waals surface area contributed by atoms with Crippen LogP contribution < -0.4 is 5.06 Å². The van der Waals surface area contributed by atoms with E-state index in [1.807, 2.05) is 39.0 Å². The van der Waals surface area contributed by atoms with Crippen LogP contribution in [0.2, 0.25) is 0 Å². The molecule has 0 bridgehead atoms. The summed E-state index contributed by atoms with van der Waals surface area (Å²) in [7, 11) is 0. The number of anilines is 1. The van der Waals surface area contributed by atoms with Gasteiger partial charge in [-0.25, -0.2) is 5.06 Å².